The van der Waals surface area contributed by atoms with Crippen LogP contribution in [0.15, 0.2) is 0 Å². The molecule has 0 amide bonds. The van der Waals surface area contributed by atoms with E-state index in [2.05, 4.69) is 49.5 Å². The molecule has 0 fully saturated rings. The molecule has 2 heteroatoms. The molecule has 39 heavy (non-hydrogen) atoms. The van der Waals surface area contributed by atoms with Gasteiger partial charge in [0.1, 0.15) is 0 Å². The van der Waals surface area contributed by atoms with Crippen LogP contribution in [0.3, 0.4) is 0 Å². The van der Waals surface area contributed by atoms with Gasteiger partial charge in [-0.25, -0.2) is 0 Å². The molecule has 0 rings (SSSR count). The Morgan fingerprint density at radius 1 is 0.282 bits per heavy atom. The summed E-state index contributed by atoms with van der Waals surface area (Å²) in [4.78, 5) is 0. The molecule has 0 atom stereocenters. The third kappa shape index (κ3) is 29.0. The molecule has 0 aliphatic heterocycles. The van der Waals surface area contributed by atoms with Gasteiger partial charge in [-0.3, -0.25) is 0 Å². The van der Waals surface area contributed by atoms with Gasteiger partial charge in [0, 0.05) is 0 Å². The quantitative estimate of drug-likeness (QED) is 0.0368. The van der Waals surface area contributed by atoms with Crippen LogP contribution in [0.25, 0.3) is 0 Å². The van der Waals surface area contributed by atoms with Crippen molar-refractivity contribution in [3.63, 3.8) is 0 Å². The Kier molecular flexibility index (Phi) is 30.1. The third-order valence-electron chi connectivity index (χ3n) is 9.41. The molecule has 0 unspecified atom stereocenters. The normalized spacial score (nSPS) is 13.1. The minimum absolute atomic E-state index is 1.37. The predicted molar refractivity (Wildman–Crippen MR) is 197 cm³/mol. The van der Waals surface area contributed by atoms with Gasteiger partial charge in [-0.05, 0) is 0 Å². The summed E-state index contributed by atoms with van der Waals surface area (Å²) in [6.45, 7) is 9.78. The van der Waals surface area contributed by atoms with Crippen molar-refractivity contribution in [2.45, 2.75) is 213 Å². The van der Waals surface area contributed by atoms with E-state index in [4.69, 9.17) is 0 Å². The molecular formula is C37H78IP. The number of halogens is 1. The Labute approximate surface area is 263 Å². The zero-order valence-corrected chi connectivity index (χ0v) is 31.2. The van der Waals surface area contributed by atoms with Crippen LogP contribution < -0.4 is 0 Å². The summed E-state index contributed by atoms with van der Waals surface area (Å²) in [7, 11) is 0. The molecule has 0 saturated heterocycles. The SMILES string of the molecule is CCCCCCCCCCCCP(C)(I)(CCCCCCCCCCCC)CCCCCCCCCCCC. The standard InChI is InChI=1S/C37H78IP/c1-5-8-11-14-17-20-23-26-29-32-35-39(4,38,36-33-30-27-24-21-18-15-12-9-6-2)37-34-31-28-25-22-19-16-13-10-7-3/h5-37H2,1-4H3. The number of unbranched alkanes of at least 4 members (excludes halogenated alkanes) is 27. The molecule has 0 aliphatic carbocycles. The minimum atomic E-state index is -1.54. The summed E-state index contributed by atoms with van der Waals surface area (Å²) in [5.41, 5.74) is 0. The van der Waals surface area contributed by atoms with Crippen molar-refractivity contribution in [1.29, 1.82) is 0 Å². The van der Waals surface area contributed by atoms with E-state index < -0.39 is 4.25 Å². The van der Waals surface area contributed by atoms with E-state index in [0.717, 1.165) is 0 Å². The van der Waals surface area contributed by atoms with Gasteiger partial charge < -0.3 is 0 Å². The molecule has 0 nitrogen and oxygen atoms in total. The second kappa shape index (κ2) is 29.2. The number of hydrogen-bond donors (Lipinski definition) is 0. The fourth-order valence-corrected chi connectivity index (χ4v) is 13.5. The third-order valence-corrected chi connectivity index (χ3v) is 18.4. The van der Waals surface area contributed by atoms with Crippen molar-refractivity contribution in [2.75, 3.05) is 25.2 Å². The first-order chi connectivity index (χ1) is 19.0. The molecular weight excluding hydrogens is 602 g/mol. The van der Waals surface area contributed by atoms with E-state index in [1.54, 1.807) is 18.5 Å². The molecule has 0 N–H and O–H groups in total. The van der Waals surface area contributed by atoms with Crippen LogP contribution in [-0.4, -0.2) is 25.2 Å². The average molecular weight is 681 g/mol. The fraction of sp³-hybridized carbons (Fsp3) is 1.00. The zero-order valence-electron chi connectivity index (χ0n) is 28.2. The summed E-state index contributed by atoms with van der Waals surface area (Å²) in [5, 5.41) is 0. The first-order valence-corrected chi connectivity index (χ1v) is 24.7. The van der Waals surface area contributed by atoms with E-state index in [1.165, 1.54) is 193 Å². The fourth-order valence-electron chi connectivity index (χ4n) is 6.46. The van der Waals surface area contributed by atoms with Crippen molar-refractivity contribution in [3.05, 3.63) is 0 Å². The second-order valence-electron chi connectivity index (χ2n) is 13.9. The Bertz CT molecular complexity index is 407. The van der Waals surface area contributed by atoms with E-state index in [9.17, 15) is 0 Å². The van der Waals surface area contributed by atoms with Crippen molar-refractivity contribution >= 4 is 26.3 Å². The van der Waals surface area contributed by atoms with Crippen LogP contribution in [0.4, 0.5) is 0 Å². The summed E-state index contributed by atoms with van der Waals surface area (Å²) in [6, 6.07) is 0. The Morgan fingerprint density at radius 2 is 0.436 bits per heavy atom. The van der Waals surface area contributed by atoms with Crippen LogP contribution in [-0.2, 0) is 0 Å². The van der Waals surface area contributed by atoms with Gasteiger partial charge in [-0.1, -0.05) is 0 Å². The van der Waals surface area contributed by atoms with Gasteiger partial charge in [-0.15, -0.1) is 0 Å². The molecule has 238 valence electrons. The van der Waals surface area contributed by atoms with Gasteiger partial charge >= 0.3 is 265 Å². The number of rotatable bonds is 33. The van der Waals surface area contributed by atoms with Crippen LogP contribution in [0.1, 0.15) is 213 Å². The first kappa shape index (κ1) is 40.2. The van der Waals surface area contributed by atoms with Gasteiger partial charge in [0.05, 0.1) is 0 Å². The molecule has 0 heterocycles. The molecule has 0 radical (unpaired) electrons. The molecule has 0 aromatic rings. The monoisotopic (exact) mass is 680 g/mol. The van der Waals surface area contributed by atoms with E-state index >= 15 is 0 Å². The number of hydrogen-bond acceptors (Lipinski definition) is 0. The summed E-state index contributed by atoms with van der Waals surface area (Å²) >= 11 is 3.10. The van der Waals surface area contributed by atoms with Crippen molar-refractivity contribution in [2.24, 2.45) is 0 Å². The second-order valence-corrected chi connectivity index (χ2v) is 28.5. The Morgan fingerprint density at radius 3 is 0.615 bits per heavy atom. The Balaban J connectivity index is 4.25. The van der Waals surface area contributed by atoms with Crippen molar-refractivity contribution in [1.82, 2.24) is 0 Å². The molecule has 0 bridgehead atoms. The van der Waals surface area contributed by atoms with Gasteiger partial charge in [0.15, 0.2) is 0 Å². The molecule has 0 aromatic heterocycles. The van der Waals surface area contributed by atoms with Crippen LogP contribution in [0.2, 0.25) is 0 Å². The van der Waals surface area contributed by atoms with E-state index in [1.807, 2.05) is 0 Å². The van der Waals surface area contributed by atoms with Crippen LogP contribution >= 0.6 is 26.3 Å². The molecule has 0 spiro atoms. The maximum absolute atomic E-state index is 3.10. The predicted octanol–water partition coefficient (Wildman–Crippen LogP) is 15.3. The molecule has 0 aliphatic rings. The van der Waals surface area contributed by atoms with Gasteiger partial charge in [0.25, 0.3) is 0 Å². The Hall–Kier alpha value is 1.16. The van der Waals surface area contributed by atoms with Gasteiger partial charge in [0.2, 0.25) is 0 Å². The maximum atomic E-state index is 3.10. The van der Waals surface area contributed by atoms with E-state index in [-0.39, 0.29) is 0 Å². The average Bonchev–Trinajstić information content (AvgIpc) is 2.92. The summed E-state index contributed by atoms with van der Waals surface area (Å²) in [5.74, 6) is 0. The first-order valence-electron chi connectivity index (χ1n) is 18.7. The molecule has 0 aromatic carbocycles. The van der Waals surface area contributed by atoms with Gasteiger partial charge in [-0.2, -0.15) is 0 Å². The van der Waals surface area contributed by atoms with Crippen LogP contribution in [0, 0.1) is 0 Å². The van der Waals surface area contributed by atoms with Crippen molar-refractivity contribution in [3.8, 4) is 0 Å². The summed E-state index contributed by atoms with van der Waals surface area (Å²) < 4.78 is -1.54. The summed E-state index contributed by atoms with van der Waals surface area (Å²) in [6.07, 6.45) is 48.9. The molecule has 0 saturated carbocycles. The topological polar surface area (TPSA) is 0 Å². The van der Waals surface area contributed by atoms with Crippen LogP contribution in [0.5, 0.6) is 0 Å². The van der Waals surface area contributed by atoms with Crippen molar-refractivity contribution < 1.29 is 0 Å². The zero-order chi connectivity index (χ0) is 28.8. The van der Waals surface area contributed by atoms with E-state index in [0.29, 0.717) is 0 Å².